The molecule has 0 radical (unpaired) electrons. The molecule has 3 rings (SSSR count). The maximum absolute atomic E-state index is 12.0. The van der Waals surface area contributed by atoms with Gasteiger partial charge in [-0.25, -0.2) is 4.98 Å². The zero-order valence-corrected chi connectivity index (χ0v) is 14.3. The van der Waals surface area contributed by atoms with Crippen molar-refractivity contribution in [1.82, 2.24) is 14.3 Å². The Balaban J connectivity index is 1.67. The van der Waals surface area contributed by atoms with E-state index in [-0.39, 0.29) is 24.0 Å². The first-order valence-corrected chi connectivity index (χ1v) is 8.56. The summed E-state index contributed by atoms with van der Waals surface area (Å²) < 4.78 is 7.27. The van der Waals surface area contributed by atoms with Gasteiger partial charge in [-0.2, -0.15) is 0 Å². The van der Waals surface area contributed by atoms with E-state index >= 15 is 0 Å². The summed E-state index contributed by atoms with van der Waals surface area (Å²) in [4.78, 5) is 40.9. The average Bonchev–Trinajstić information content (AvgIpc) is 2.91. The SMILES string of the molecule is O=C(CN1CCSC1=O)OCc1cc(=O)n2cc(Br)ccc2n1. The van der Waals surface area contributed by atoms with Gasteiger partial charge in [0, 0.05) is 29.0 Å². The van der Waals surface area contributed by atoms with Gasteiger partial charge in [0.2, 0.25) is 0 Å². The molecule has 7 nitrogen and oxygen atoms in total. The molecule has 2 aromatic rings. The number of thioether (sulfide) groups is 1. The molecule has 0 aromatic carbocycles. The summed E-state index contributed by atoms with van der Waals surface area (Å²) in [6, 6.07) is 4.79. The van der Waals surface area contributed by atoms with Crippen LogP contribution in [-0.4, -0.2) is 44.3 Å². The number of aromatic nitrogens is 2. The van der Waals surface area contributed by atoms with Gasteiger partial charge < -0.3 is 9.64 Å². The molecule has 0 N–H and O–H groups in total. The number of carbonyl (C=O) groups excluding carboxylic acids is 2. The maximum Gasteiger partial charge on any atom is 0.326 e. The summed E-state index contributed by atoms with van der Waals surface area (Å²) in [5, 5.41) is -0.116. The average molecular weight is 398 g/mol. The third-order valence-electron chi connectivity index (χ3n) is 3.22. The molecule has 2 aromatic heterocycles. The van der Waals surface area contributed by atoms with Crippen LogP contribution < -0.4 is 5.56 Å². The third-order valence-corrected chi connectivity index (χ3v) is 4.58. The van der Waals surface area contributed by atoms with Crippen molar-refractivity contribution in [3.63, 3.8) is 0 Å². The third kappa shape index (κ3) is 3.73. The van der Waals surface area contributed by atoms with E-state index in [1.54, 1.807) is 18.3 Å². The summed E-state index contributed by atoms with van der Waals surface area (Å²) in [5.41, 5.74) is 0.583. The van der Waals surface area contributed by atoms with Crippen molar-refractivity contribution in [3.05, 3.63) is 44.9 Å². The van der Waals surface area contributed by atoms with Crippen LogP contribution in [0.25, 0.3) is 5.65 Å². The number of hydrogen-bond acceptors (Lipinski definition) is 6. The van der Waals surface area contributed by atoms with Gasteiger partial charge in [0.05, 0.1) is 5.69 Å². The molecule has 9 heteroatoms. The highest BCUT2D eigenvalue weighted by atomic mass is 79.9. The number of fused-ring (bicyclic) bond motifs is 1. The number of amides is 1. The second-order valence-corrected chi connectivity index (χ2v) is 6.82. The summed E-state index contributed by atoms with van der Waals surface area (Å²) in [6.07, 6.45) is 1.62. The van der Waals surface area contributed by atoms with Gasteiger partial charge in [-0.15, -0.1) is 0 Å². The molecule has 23 heavy (non-hydrogen) atoms. The minimum absolute atomic E-state index is 0.0780. The number of hydrogen-bond donors (Lipinski definition) is 0. The van der Waals surface area contributed by atoms with Crippen LogP contribution in [0.15, 0.2) is 33.7 Å². The van der Waals surface area contributed by atoms with Crippen LogP contribution >= 0.6 is 27.7 Å². The van der Waals surface area contributed by atoms with Crippen LogP contribution in [0.5, 0.6) is 0 Å². The van der Waals surface area contributed by atoms with Gasteiger partial charge in [0.25, 0.3) is 10.8 Å². The zero-order chi connectivity index (χ0) is 16.4. The standard InChI is InChI=1S/C14H12BrN3O4S/c15-9-1-2-11-16-10(5-12(19)18(11)6-9)8-22-13(20)7-17-3-4-23-14(17)21/h1-2,5-6H,3-4,7-8H2. The second kappa shape index (κ2) is 6.71. The minimum atomic E-state index is -0.515. The Morgan fingerprint density at radius 2 is 2.22 bits per heavy atom. The molecule has 1 amide bonds. The number of carbonyl (C=O) groups is 2. The molecule has 3 heterocycles. The Bertz CT molecular complexity index is 838. The van der Waals surface area contributed by atoms with Gasteiger partial charge in [0.1, 0.15) is 18.8 Å². The molecule has 1 fully saturated rings. The van der Waals surface area contributed by atoms with E-state index in [0.717, 1.165) is 4.47 Å². The van der Waals surface area contributed by atoms with Crippen LogP contribution in [0.3, 0.4) is 0 Å². The topological polar surface area (TPSA) is 81.0 Å². The highest BCUT2D eigenvalue weighted by Gasteiger charge is 2.23. The van der Waals surface area contributed by atoms with E-state index in [1.807, 2.05) is 0 Å². The fourth-order valence-corrected chi connectivity index (χ4v) is 3.29. The molecular weight excluding hydrogens is 386 g/mol. The fraction of sp³-hybridized carbons (Fsp3) is 0.286. The number of rotatable bonds is 4. The largest absolute Gasteiger partial charge is 0.458 e. The quantitative estimate of drug-likeness (QED) is 0.729. The molecule has 0 unspecified atom stereocenters. The molecular formula is C14H12BrN3O4S. The molecule has 0 spiro atoms. The molecule has 0 bridgehead atoms. The molecule has 1 aliphatic heterocycles. The van der Waals surface area contributed by atoms with Crippen molar-refractivity contribution in [2.45, 2.75) is 6.61 Å². The summed E-state index contributed by atoms with van der Waals surface area (Å²) in [7, 11) is 0. The molecule has 0 aliphatic carbocycles. The van der Waals surface area contributed by atoms with E-state index in [1.165, 1.54) is 27.1 Å². The van der Waals surface area contributed by atoms with E-state index in [4.69, 9.17) is 4.74 Å². The van der Waals surface area contributed by atoms with Crippen molar-refractivity contribution in [2.75, 3.05) is 18.8 Å². The summed E-state index contributed by atoms with van der Waals surface area (Å²) >= 11 is 4.48. The number of halogens is 1. The second-order valence-electron chi connectivity index (χ2n) is 4.86. The zero-order valence-electron chi connectivity index (χ0n) is 11.9. The van der Waals surface area contributed by atoms with Gasteiger partial charge in [-0.05, 0) is 28.1 Å². The molecule has 1 saturated heterocycles. The van der Waals surface area contributed by atoms with E-state index in [2.05, 4.69) is 20.9 Å². The minimum Gasteiger partial charge on any atom is -0.458 e. The van der Waals surface area contributed by atoms with Crippen LogP contribution in [0.1, 0.15) is 5.69 Å². The lowest BCUT2D eigenvalue weighted by atomic mass is 10.4. The van der Waals surface area contributed by atoms with Crippen molar-refractivity contribution in [1.29, 1.82) is 0 Å². The van der Waals surface area contributed by atoms with Crippen LogP contribution in [-0.2, 0) is 16.1 Å². The van der Waals surface area contributed by atoms with Gasteiger partial charge >= 0.3 is 5.97 Å². The first-order valence-electron chi connectivity index (χ1n) is 6.78. The number of nitrogens with zero attached hydrogens (tertiary/aromatic N) is 3. The lowest BCUT2D eigenvalue weighted by Crippen LogP contribution is -2.31. The normalized spacial score (nSPS) is 14.5. The smallest absolute Gasteiger partial charge is 0.326 e. The Morgan fingerprint density at radius 3 is 2.96 bits per heavy atom. The van der Waals surface area contributed by atoms with Crippen LogP contribution in [0.4, 0.5) is 4.79 Å². The van der Waals surface area contributed by atoms with E-state index in [9.17, 15) is 14.4 Å². The number of pyridine rings is 1. The molecule has 0 saturated carbocycles. The fourth-order valence-electron chi connectivity index (χ4n) is 2.13. The summed E-state index contributed by atoms with van der Waals surface area (Å²) in [5.74, 6) is 0.170. The highest BCUT2D eigenvalue weighted by molar-refractivity contribution is 9.10. The number of ether oxygens (including phenoxy) is 1. The van der Waals surface area contributed by atoms with Gasteiger partial charge in [-0.3, -0.25) is 18.8 Å². The van der Waals surface area contributed by atoms with Gasteiger partial charge in [0.15, 0.2) is 0 Å². The monoisotopic (exact) mass is 397 g/mol. The first-order chi connectivity index (χ1) is 11.0. The van der Waals surface area contributed by atoms with E-state index < -0.39 is 5.97 Å². The first kappa shape index (κ1) is 16.0. The van der Waals surface area contributed by atoms with Crippen molar-refractivity contribution in [3.8, 4) is 0 Å². The lowest BCUT2D eigenvalue weighted by Gasteiger charge is -2.13. The van der Waals surface area contributed by atoms with Crippen LogP contribution in [0.2, 0.25) is 0 Å². The Labute approximate surface area is 143 Å². The van der Waals surface area contributed by atoms with Crippen molar-refractivity contribution in [2.24, 2.45) is 0 Å². The van der Waals surface area contributed by atoms with Crippen LogP contribution in [0, 0.1) is 0 Å². The van der Waals surface area contributed by atoms with Gasteiger partial charge in [-0.1, -0.05) is 11.8 Å². The predicted molar refractivity (Wildman–Crippen MR) is 88.4 cm³/mol. The van der Waals surface area contributed by atoms with E-state index in [0.29, 0.717) is 23.6 Å². The molecule has 1 aliphatic rings. The summed E-state index contributed by atoms with van der Waals surface area (Å²) in [6.45, 7) is 0.365. The Hall–Kier alpha value is -1.87. The van der Waals surface area contributed by atoms with Crippen molar-refractivity contribution >= 4 is 44.5 Å². The Kier molecular flexibility index (Phi) is 4.67. The van der Waals surface area contributed by atoms with Crippen molar-refractivity contribution < 1.29 is 14.3 Å². The highest BCUT2D eigenvalue weighted by Crippen LogP contribution is 2.16. The number of esters is 1. The lowest BCUT2D eigenvalue weighted by molar-refractivity contribution is -0.145. The molecule has 120 valence electrons. The molecule has 0 atom stereocenters. The predicted octanol–water partition coefficient (Wildman–Crippen LogP) is 1.67. The Morgan fingerprint density at radius 1 is 1.39 bits per heavy atom. The maximum atomic E-state index is 12.0.